The van der Waals surface area contributed by atoms with E-state index in [9.17, 15) is 4.79 Å². The van der Waals surface area contributed by atoms with Gasteiger partial charge in [0.25, 0.3) is 5.88 Å². The highest BCUT2D eigenvalue weighted by Crippen LogP contribution is 2.31. The molecule has 0 unspecified atom stereocenters. The topological polar surface area (TPSA) is 66.2 Å². The fraction of sp³-hybridized carbons (Fsp3) is 0.296. The molecule has 0 amide bonds. The lowest BCUT2D eigenvalue weighted by molar-refractivity contribution is -0.145. The Morgan fingerprint density at radius 1 is 0.970 bits per heavy atom. The van der Waals surface area contributed by atoms with Gasteiger partial charge in [-0.1, -0.05) is 61.5 Å². The molecule has 2 heterocycles. The maximum Gasteiger partial charge on any atom is 0.306 e. The molecule has 6 heteroatoms. The zero-order valence-electron chi connectivity index (χ0n) is 19.4. The fourth-order valence-corrected chi connectivity index (χ4v) is 3.94. The van der Waals surface area contributed by atoms with Crippen LogP contribution in [0.2, 0.25) is 0 Å². The van der Waals surface area contributed by atoms with Crippen LogP contribution >= 0.6 is 0 Å². The first kappa shape index (κ1) is 22.5. The van der Waals surface area contributed by atoms with Crippen molar-refractivity contribution in [3.05, 3.63) is 88.7 Å². The molecule has 0 saturated carbocycles. The van der Waals surface area contributed by atoms with Gasteiger partial charge in [0.1, 0.15) is 18.7 Å². The zero-order valence-corrected chi connectivity index (χ0v) is 19.4. The Kier molecular flexibility index (Phi) is 7.03. The van der Waals surface area contributed by atoms with Crippen LogP contribution in [0.3, 0.4) is 0 Å². The summed E-state index contributed by atoms with van der Waals surface area (Å²) in [5.41, 5.74) is 6.36. The minimum Gasteiger partial charge on any atom is -0.470 e. The van der Waals surface area contributed by atoms with Gasteiger partial charge in [-0.2, -0.15) is 5.10 Å². The number of nitrogens with zero attached hydrogens (tertiary/aromatic N) is 3. The van der Waals surface area contributed by atoms with Crippen molar-refractivity contribution >= 4 is 16.9 Å². The number of esters is 1. The highest BCUT2D eigenvalue weighted by molar-refractivity contribution is 5.88. The summed E-state index contributed by atoms with van der Waals surface area (Å²) < 4.78 is 13.9. The number of hydrogen-bond donors (Lipinski definition) is 0. The lowest BCUT2D eigenvalue weighted by Crippen LogP contribution is -2.08. The molecule has 4 rings (SSSR count). The van der Waals surface area contributed by atoms with E-state index in [0.29, 0.717) is 18.9 Å². The van der Waals surface area contributed by atoms with Crippen LogP contribution in [-0.2, 0) is 29.3 Å². The van der Waals surface area contributed by atoms with Crippen molar-refractivity contribution in [2.75, 3.05) is 0 Å². The molecule has 2 aromatic heterocycles. The van der Waals surface area contributed by atoms with Gasteiger partial charge >= 0.3 is 5.97 Å². The van der Waals surface area contributed by atoms with Crippen LogP contribution in [0.15, 0.2) is 60.8 Å². The number of ether oxygens (including phenoxy) is 2. The van der Waals surface area contributed by atoms with Gasteiger partial charge in [-0.15, -0.1) is 5.10 Å². The SMILES string of the molecule is CCCC(=O)OCc1ccccc1COc1nncc2c(C)c(C)n(Cc3ccccc3)c12. The minimum atomic E-state index is -0.187. The van der Waals surface area contributed by atoms with E-state index in [1.54, 1.807) is 6.20 Å². The predicted molar refractivity (Wildman–Crippen MR) is 128 cm³/mol. The average Bonchev–Trinajstić information content (AvgIpc) is 3.08. The van der Waals surface area contributed by atoms with Crippen LogP contribution in [0.5, 0.6) is 5.88 Å². The van der Waals surface area contributed by atoms with Crippen LogP contribution in [0.4, 0.5) is 0 Å². The zero-order chi connectivity index (χ0) is 23.2. The van der Waals surface area contributed by atoms with Crippen LogP contribution < -0.4 is 4.74 Å². The normalized spacial score (nSPS) is 11.0. The van der Waals surface area contributed by atoms with Crippen molar-refractivity contribution in [1.29, 1.82) is 0 Å². The van der Waals surface area contributed by atoms with Crippen molar-refractivity contribution in [3.8, 4) is 5.88 Å². The van der Waals surface area contributed by atoms with Gasteiger partial charge < -0.3 is 14.0 Å². The maximum absolute atomic E-state index is 11.8. The summed E-state index contributed by atoms with van der Waals surface area (Å²) in [7, 11) is 0. The molecule has 0 atom stereocenters. The monoisotopic (exact) mass is 443 g/mol. The molecule has 0 saturated heterocycles. The summed E-state index contributed by atoms with van der Waals surface area (Å²) in [6.07, 6.45) is 2.99. The molecule has 0 fully saturated rings. The number of aryl methyl sites for hydroxylation is 1. The molecule has 0 aliphatic carbocycles. The molecule has 0 aliphatic heterocycles. The van der Waals surface area contributed by atoms with Gasteiger partial charge in [-0.3, -0.25) is 4.79 Å². The van der Waals surface area contributed by atoms with E-state index in [0.717, 1.165) is 40.7 Å². The molecule has 0 aliphatic rings. The fourth-order valence-electron chi connectivity index (χ4n) is 3.94. The van der Waals surface area contributed by atoms with Gasteiger partial charge in [-0.05, 0) is 42.5 Å². The maximum atomic E-state index is 11.8. The first-order chi connectivity index (χ1) is 16.1. The van der Waals surface area contributed by atoms with Gasteiger partial charge in [0.05, 0.1) is 6.20 Å². The number of carbonyl (C=O) groups excluding carboxylic acids is 1. The summed E-state index contributed by atoms with van der Waals surface area (Å²) in [4.78, 5) is 11.8. The number of carbonyl (C=O) groups is 1. The van der Waals surface area contributed by atoms with Gasteiger partial charge in [0.15, 0.2) is 0 Å². The second-order valence-electron chi connectivity index (χ2n) is 8.16. The van der Waals surface area contributed by atoms with E-state index in [2.05, 4.69) is 40.7 Å². The van der Waals surface area contributed by atoms with E-state index in [1.165, 1.54) is 11.1 Å². The van der Waals surface area contributed by atoms with Crippen molar-refractivity contribution in [3.63, 3.8) is 0 Å². The summed E-state index contributed by atoms with van der Waals surface area (Å²) in [5.74, 6) is 0.311. The number of aromatic nitrogens is 3. The quantitative estimate of drug-likeness (QED) is 0.319. The van der Waals surface area contributed by atoms with Gasteiger partial charge in [0.2, 0.25) is 0 Å². The first-order valence-electron chi connectivity index (χ1n) is 11.3. The van der Waals surface area contributed by atoms with Crippen LogP contribution in [0.25, 0.3) is 10.9 Å². The lowest BCUT2D eigenvalue weighted by Gasteiger charge is -2.13. The highest BCUT2D eigenvalue weighted by atomic mass is 16.5. The molecular formula is C27H29N3O3. The number of fused-ring (bicyclic) bond motifs is 1. The Morgan fingerprint density at radius 2 is 1.67 bits per heavy atom. The van der Waals surface area contributed by atoms with Crippen LogP contribution in [0, 0.1) is 13.8 Å². The highest BCUT2D eigenvalue weighted by Gasteiger charge is 2.18. The Balaban J connectivity index is 1.60. The molecule has 0 N–H and O–H groups in total. The lowest BCUT2D eigenvalue weighted by atomic mass is 10.1. The van der Waals surface area contributed by atoms with Crippen LogP contribution in [0.1, 0.15) is 47.7 Å². The van der Waals surface area contributed by atoms with Crippen molar-refractivity contribution in [2.24, 2.45) is 0 Å². The Bertz CT molecular complexity index is 1250. The van der Waals surface area contributed by atoms with Gasteiger partial charge in [0, 0.05) is 24.0 Å². The average molecular weight is 444 g/mol. The van der Waals surface area contributed by atoms with E-state index in [1.807, 2.05) is 49.4 Å². The third kappa shape index (κ3) is 5.06. The molecule has 33 heavy (non-hydrogen) atoms. The molecule has 6 nitrogen and oxygen atoms in total. The van der Waals surface area contributed by atoms with E-state index < -0.39 is 0 Å². The third-order valence-electron chi connectivity index (χ3n) is 5.92. The molecule has 2 aromatic carbocycles. The number of benzene rings is 2. The molecule has 0 spiro atoms. The van der Waals surface area contributed by atoms with E-state index >= 15 is 0 Å². The van der Waals surface area contributed by atoms with Crippen molar-refractivity contribution in [1.82, 2.24) is 14.8 Å². The van der Waals surface area contributed by atoms with E-state index in [4.69, 9.17) is 9.47 Å². The van der Waals surface area contributed by atoms with E-state index in [-0.39, 0.29) is 12.6 Å². The number of rotatable bonds is 9. The Hall–Kier alpha value is -3.67. The predicted octanol–water partition coefficient (Wildman–Crippen LogP) is 5.52. The molecule has 170 valence electrons. The summed E-state index contributed by atoms with van der Waals surface area (Å²) >= 11 is 0. The summed E-state index contributed by atoms with van der Waals surface area (Å²) in [5, 5.41) is 9.56. The van der Waals surface area contributed by atoms with Crippen molar-refractivity contribution in [2.45, 2.75) is 53.4 Å². The van der Waals surface area contributed by atoms with Crippen molar-refractivity contribution < 1.29 is 14.3 Å². The molecule has 0 bridgehead atoms. The molecule has 0 radical (unpaired) electrons. The standard InChI is InChI=1S/C27H29N3O3/c1-4-10-25(31)32-17-22-13-8-9-14-23(22)18-33-27-26-24(15-28-29-27)19(2)20(3)30(26)16-21-11-6-5-7-12-21/h5-9,11-15H,4,10,16-18H2,1-3H3. The minimum absolute atomic E-state index is 0.187. The molecule has 4 aromatic rings. The van der Waals surface area contributed by atoms with Crippen LogP contribution in [-0.4, -0.2) is 20.7 Å². The largest absolute Gasteiger partial charge is 0.470 e. The second-order valence-corrected chi connectivity index (χ2v) is 8.16. The smallest absolute Gasteiger partial charge is 0.306 e. The summed E-state index contributed by atoms with van der Waals surface area (Å²) in [6, 6.07) is 18.2. The third-order valence-corrected chi connectivity index (χ3v) is 5.92. The van der Waals surface area contributed by atoms with Gasteiger partial charge in [-0.25, -0.2) is 0 Å². The Labute approximate surface area is 194 Å². The first-order valence-corrected chi connectivity index (χ1v) is 11.3. The Morgan fingerprint density at radius 3 is 2.39 bits per heavy atom. The second kappa shape index (κ2) is 10.3. The number of hydrogen-bond acceptors (Lipinski definition) is 5. The molecular weight excluding hydrogens is 414 g/mol. The summed E-state index contributed by atoms with van der Waals surface area (Å²) in [6.45, 7) is 7.44.